The highest BCUT2D eigenvalue weighted by atomic mass is 32.1. The average molecular weight is 381 g/mol. The van der Waals surface area contributed by atoms with E-state index in [0.717, 1.165) is 44.1 Å². The first kappa shape index (κ1) is 17.6. The topological polar surface area (TPSA) is 81.3 Å². The van der Waals surface area contributed by atoms with E-state index in [4.69, 9.17) is 14.1 Å². The molecule has 0 aliphatic rings. The predicted octanol–water partition coefficient (Wildman–Crippen LogP) is 4.00. The fourth-order valence-electron chi connectivity index (χ4n) is 2.88. The zero-order valence-electron chi connectivity index (χ0n) is 15.1. The highest BCUT2D eigenvalue weighted by Gasteiger charge is 2.14. The number of aromatic nitrogens is 3. The summed E-state index contributed by atoms with van der Waals surface area (Å²) in [6, 6.07) is 11.9. The minimum Gasteiger partial charge on any atom is -0.494 e. The highest BCUT2D eigenvalue weighted by molar-refractivity contribution is 7.18. The monoisotopic (exact) mass is 381 g/mol. The number of aryl methyl sites for hydroxylation is 1. The zero-order chi connectivity index (χ0) is 18.8. The van der Waals surface area contributed by atoms with Crippen molar-refractivity contribution >= 4 is 21.6 Å². The number of ether oxygens (including phenoxy) is 1. The highest BCUT2D eigenvalue weighted by Crippen LogP contribution is 2.36. The number of aliphatic hydroxyl groups is 1. The van der Waals surface area contributed by atoms with Crippen molar-refractivity contribution < 1.29 is 14.3 Å². The fraction of sp³-hybridized carbons (Fsp3) is 0.250. The van der Waals surface area contributed by atoms with Gasteiger partial charge in [0.05, 0.1) is 24.8 Å². The van der Waals surface area contributed by atoms with Crippen molar-refractivity contribution in [2.24, 2.45) is 0 Å². The summed E-state index contributed by atoms with van der Waals surface area (Å²) in [7, 11) is 1.65. The Morgan fingerprint density at radius 3 is 2.52 bits per heavy atom. The SMILES string of the molecule is CCc1nnc(Cc2nc3c(OC)cc(-c4ccc(CO)cc4)cc3s2)o1. The lowest BCUT2D eigenvalue weighted by Crippen LogP contribution is -1.89. The lowest BCUT2D eigenvalue weighted by molar-refractivity contribution is 0.282. The molecule has 4 rings (SSSR count). The van der Waals surface area contributed by atoms with Crippen LogP contribution in [-0.2, 0) is 19.4 Å². The van der Waals surface area contributed by atoms with Crippen molar-refractivity contribution in [3.05, 3.63) is 58.8 Å². The van der Waals surface area contributed by atoms with E-state index in [1.54, 1.807) is 18.4 Å². The smallest absolute Gasteiger partial charge is 0.223 e. The predicted molar refractivity (Wildman–Crippen MR) is 104 cm³/mol. The van der Waals surface area contributed by atoms with Gasteiger partial charge in [-0.1, -0.05) is 31.2 Å². The second kappa shape index (κ2) is 7.46. The van der Waals surface area contributed by atoms with E-state index in [1.807, 2.05) is 37.3 Å². The number of methoxy groups -OCH3 is 1. The minimum atomic E-state index is 0.0380. The fourth-order valence-corrected chi connectivity index (χ4v) is 3.89. The molecule has 2 aromatic heterocycles. The Balaban J connectivity index is 1.71. The quantitative estimate of drug-likeness (QED) is 0.544. The molecule has 4 aromatic rings. The molecule has 0 unspecified atom stereocenters. The summed E-state index contributed by atoms with van der Waals surface area (Å²) in [5.41, 5.74) is 3.83. The Hall–Kier alpha value is -2.77. The van der Waals surface area contributed by atoms with Gasteiger partial charge in [0.2, 0.25) is 11.8 Å². The summed E-state index contributed by atoms with van der Waals surface area (Å²) < 4.78 is 12.2. The number of aliphatic hydroxyl groups excluding tert-OH is 1. The van der Waals surface area contributed by atoms with Gasteiger partial charge in [-0.15, -0.1) is 21.5 Å². The Kier molecular flexibility index (Phi) is 4.87. The van der Waals surface area contributed by atoms with Crippen LogP contribution in [0, 0.1) is 0 Å². The van der Waals surface area contributed by atoms with E-state index in [-0.39, 0.29) is 6.61 Å². The molecule has 0 bridgehead atoms. The summed E-state index contributed by atoms with van der Waals surface area (Å²) in [6.07, 6.45) is 1.23. The zero-order valence-corrected chi connectivity index (χ0v) is 15.9. The molecule has 0 atom stereocenters. The molecule has 0 aliphatic heterocycles. The van der Waals surface area contributed by atoms with Crippen LogP contribution in [-0.4, -0.2) is 27.4 Å². The van der Waals surface area contributed by atoms with Crippen molar-refractivity contribution in [1.82, 2.24) is 15.2 Å². The van der Waals surface area contributed by atoms with E-state index in [1.165, 1.54) is 0 Å². The van der Waals surface area contributed by atoms with E-state index in [9.17, 15) is 5.11 Å². The molecule has 7 heteroatoms. The molecular weight excluding hydrogens is 362 g/mol. The number of nitrogens with zero attached hydrogens (tertiary/aromatic N) is 3. The first-order valence-electron chi connectivity index (χ1n) is 8.69. The van der Waals surface area contributed by atoms with Crippen LogP contribution in [0.15, 0.2) is 40.8 Å². The second-order valence-electron chi connectivity index (χ2n) is 6.11. The molecule has 1 N–H and O–H groups in total. The maximum atomic E-state index is 9.22. The number of hydrogen-bond acceptors (Lipinski definition) is 7. The lowest BCUT2D eigenvalue weighted by Gasteiger charge is -2.07. The molecule has 138 valence electrons. The van der Waals surface area contributed by atoms with Gasteiger partial charge < -0.3 is 14.3 Å². The van der Waals surface area contributed by atoms with Crippen molar-refractivity contribution in [3.63, 3.8) is 0 Å². The van der Waals surface area contributed by atoms with Gasteiger partial charge in [0.25, 0.3) is 0 Å². The van der Waals surface area contributed by atoms with Crippen molar-refractivity contribution in [2.45, 2.75) is 26.4 Å². The van der Waals surface area contributed by atoms with Gasteiger partial charge in [-0.2, -0.15) is 0 Å². The van der Waals surface area contributed by atoms with Crippen LogP contribution in [0.5, 0.6) is 5.75 Å². The average Bonchev–Trinajstić information content (AvgIpc) is 3.33. The van der Waals surface area contributed by atoms with Crippen LogP contribution < -0.4 is 4.74 Å². The second-order valence-corrected chi connectivity index (χ2v) is 7.22. The minimum absolute atomic E-state index is 0.0380. The number of benzene rings is 2. The van der Waals surface area contributed by atoms with Crippen molar-refractivity contribution in [1.29, 1.82) is 0 Å². The third-order valence-corrected chi connectivity index (χ3v) is 5.31. The standard InChI is InChI=1S/C20H19N3O3S/c1-3-17-22-23-18(26-17)10-19-21-20-15(25-2)8-14(9-16(20)27-19)13-6-4-12(11-24)5-7-13/h4-9,24H,3,10-11H2,1-2H3. The van der Waals surface area contributed by atoms with Gasteiger partial charge in [0.15, 0.2) is 0 Å². The van der Waals surface area contributed by atoms with E-state index in [0.29, 0.717) is 18.2 Å². The third kappa shape index (κ3) is 3.56. The number of rotatable bonds is 6. The summed E-state index contributed by atoms with van der Waals surface area (Å²) in [5.74, 6) is 1.94. The molecule has 0 radical (unpaired) electrons. The molecule has 6 nitrogen and oxygen atoms in total. The summed E-state index contributed by atoms with van der Waals surface area (Å²) in [4.78, 5) is 4.71. The van der Waals surface area contributed by atoms with Crippen LogP contribution in [0.2, 0.25) is 0 Å². The number of hydrogen-bond donors (Lipinski definition) is 1. The summed E-state index contributed by atoms with van der Waals surface area (Å²) in [5, 5.41) is 18.2. The Labute approximate surface area is 160 Å². The Morgan fingerprint density at radius 1 is 1.07 bits per heavy atom. The van der Waals surface area contributed by atoms with Crippen molar-refractivity contribution in [2.75, 3.05) is 7.11 Å². The molecule has 0 saturated heterocycles. The van der Waals surface area contributed by atoms with Gasteiger partial charge in [-0.05, 0) is 28.8 Å². The van der Waals surface area contributed by atoms with Gasteiger partial charge >= 0.3 is 0 Å². The van der Waals surface area contributed by atoms with Crippen LogP contribution in [0.25, 0.3) is 21.3 Å². The van der Waals surface area contributed by atoms with Crippen LogP contribution in [0.3, 0.4) is 0 Å². The summed E-state index contributed by atoms with van der Waals surface area (Å²) in [6.45, 7) is 2.02. The van der Waals surface area contributed by atoms with E-state index >= 15 is 0 Å². The molecular formula is C20H19N3O3S. The maximum Gasteiger partial charge on any atom is 0.223 e. The molecule has 0 amide bonds. The van der Waals surface area contributed by atoms with Crippen LogP contribution >= 0.6 is 11.3 Å². The van der Waals surface area contributed by atoms with E-state index < -0.39 is 0 Å². The lowest BCUT2D eigenvalue weighted by atomic mass is 10.0. The van der Waals surface area contributed by atoms with Gasteiger partial charge in [-0.3, -0.25) is 0 Å². The van der Waals surface area contributed by atoms with Crippen molar-refractivity contribution in [3.8, 4) is 16.9 Å². The molecule has 2 heterocycles. The molecule has 2 aromatic carbocycles. The first-order valence-corrected chi connectivity index (χ1v) is 9.50. The normalized spacial score (nSPS) is 11.2. The molecule has 27 heavy (non-hydrogen) atoms. The first-order chi connectivity index (χ1) is 13.2. The molecule has 0 aliphatic carbocycles. The molecule has 0 spiro atoms. The third-order valence-electron chi connectivity index (χ3n) is 4.31. The van der Waals surface area contributed by atoms with Crippen LogP contribution in [0.4, 0.5) is 0 Å². The number of thiazole rings is 1. The molecule has 0 saturated carbocycles. The van der Waals surface area contributed by atoms with Gasteiger partial charge in [-0.25, -0.2) is 4.98 Å². The Morgan fingerprint density at radius 2 is 1.85 bits per heavy atom. The molecule has 0 fully saturated rings. The van der Waals surface area contributed by atoms with Gasteiger partial charge in [0, 0.05) is 6.42 Å². The maximum absolute atomic E-state index is 9.22. The van der Waals surface area contributed by atoms with E-state index in [2.05, 4.69) is 16.3 Å². The van der Waals surface area contributed by atoms with Crippen LogP contribution in [0.1, 0.15) is 29.3 Å². The largest absolute Gasteiger partial charge is 0.494 e. The Bertz CT molecular complexity index is 1070. The van der Waals surface area contributed by atoms with Gasteiger partial charge in [0.1, 0.15) is 16.3 Å². The number of fused-ring (bicyclic) bond motifs is 1. The summed E-state index contributed by atoms with van der Waals surface area (Å²) >= 11 is 1.60.